The molecule has 1 amide bonds. The summed E-state index contributed by atoms with van der Waals surface area (Å²) in [5.74, 6) is 0.203. The number of carbonyl (C=O) groups excluding carboxylic acids is 2. The van der Waals surface area contributed by atoms with E-state index in [4.69, 9.17) is 0 Å². The third-order valence-corrected chi connectivity index (χ3v) is 2.98. The highest BCUT2D eigenvalue weighted by Gasteiger charge is 2.30. The standard InChI is InChI=1S/C13H11NO2/c15-12(8-5-6-8)7-11-9-3-1-2-4-10(9)13(16)14-11/h1-4,7-8H,5-6H2,(H,14,16)/b11-7-. The molecule has 80 valence electrons. The van der Waals surface area contributed by atoms with Crippen molar-refractivity contribution >= 4 is 17.4 Å². The molecule has 0 spiro atoms. The summed E-state index contributed by atoms with van der Waals surface area (Å²) in [5, 5.41) is 2.73. The average molecular weight is 213 g/mol. The van der Waals surface area contributed by atoms with Gasteiger partial charge < -0.3 is 5.32 Å². The lowest BCUT2D eigenvalue weighted by Gasteiger charge is -1.98. The zero-order valence-corrected chi connectivity index (χ0v) is 8.69. The van der Waals surface area contributed by atoms with E-state index in [0.29, 0.717) is 11.3 Å². The minimum absolute atomic E-state index is 0.120. The molecule has 16 heavy (non-hydrogen) atoms. The van der Waals surface area contributed by atoms with Gasteiger partial charge in [-0.2, -0.15) is 0 Å². The number of hydrogen-bond acceptors (Lipinski definition) is 2. The van der Waals surface area contributed by atoms with Gasteiger partial charge in [0.05, 0.1) is 5.70 Å². The summed E-state index contributed by atoms with van der Waals surface area (Å²) in [6, 6.07) is 7.32. The van der Waals surface area contributed by atoms with Gasteiger partial charge in [0, 0.05) is 23.1 Å². The Labute approximate surface area is 93.2 Å². The second-order valence-corrected chi connectivity index (χ2v) is 4.23. The maximum absolute atomic E-state index is 11.7. The topological polar surface area (TPSA) is 46.2 Å². The highest BCUT2D eigenvalue weighted by atomic mass is 16.2. The van der Waals surface area contributed by atoms with Crippen LogP contribution in [0.1, 0.15) is 28.8 Å². The normalized spacial score (nSPS) is 20.8. The van der Waals surface area contributed by atoms with Crippen LogP contribution in [0.15, 0.2) is 30.3 Å². The van der Waals surface area contributed by atoms with Gasteiger partial charge in [0.1, 0.15) is 0 Å². The molecule has 1 saturated carbocycles. The van der Waals surface area contributed by atoms with Crippen LogP contribution >= 0.6 is 0 Å². The maximum atomic E-state index is 11.7. The zero-order valence-electron chi connectivity index (χ0n) is 8.69. The third-order valence-electron chi connectivity index (χ3n) is 2.98. The molecule has 1 aromatic rings. The molecule has 1 heterocycles. The molecule has 0 radical (unpaired) electrons. The molecule has 3 nitrogen and oxygen atoms in total. The lowest BCUT2D eigenvalue weighted by atomic mass is 10.1. The van der Waals surface area contributed by atoms with Crippen LogP contribution in [0.2, 0.25) is 0 Å². The maximum Gasteiger partial charge on any atom is 0.256 e. The van der Waals surface area contributed by atoms with Crippen molar-refractivity contribution < 1.29 is 9.59 Å². The van der Waals surface area contributed by atoms with Gasteiger partial charge in [-0.15, -0.1) is 0 Å². The molecular formula is C13H11NO2. The van der Waals surface area contributed by atoms with Crippen LogP contribution < -0.4 is 5.32 Å². The van der Waals surface area contributed by atoms with Crippen LogP contribution in [0.5, 0.6) is 0 Å². The van der Waals surface area contributed by atoms with E-state index in [1.54, 1.807) is 12.1 Å². The molecule has 3 rings (SSSR count). The molecule has 0 unspecified atom stereocenters. The summed E-state index contributed by atoms with van der Waals surface area (Å²) in [5.41, 5.74) is 2.14. The van der Waals surface area contributed by atoms with Crippen molar-refractivity contribution in [3.05, 3.63) is 41.5 Å². The average Bonchev–Trinajstić information content (AvgIpc) is 3.08. The van der Waals surface area contributed by atoms with Gasteiger partial charge in [-0.1, -0.05) is 18.2 Å². The number of fused-ring (bicyclic) bond motifs is 1. The van der Waals surface area contributed by atoms with Crippen molar-refractivity contribution in [1.82, 2.24) is 5.32 Å². The number of benzene rings is 1. The zero-order chi connectivity index (χ0) is 11.1. The minimum Gasteiger partial charge on any atom is -0.321 e. The summed E-state index contributed by atoms with van der Waals surface area (Å²) in [6.45, 7) is 0. The van der Waals surface area contributed by atoms with Gasteiger partial charge in [0.2, 0.25) is 0 Å². The van der Waals surface area contributed by atoms with Crippen molar-refractivity contribution in [3.8, 4) is 0 Å². The number of hydrogen-bond donors (Lipinski definition) is 1. The fraction of sp³-hybridized carbons (Fsp3) is 0.231. The largest absolute Gasteiger partial charge is 0.321 e. The van der Waals surface area contributed by atoms with Crippen LogP contribution in [-0.4, -0.2) is 11.7 Å². The molecule has 1 fully saturated rings. The predicted octanol–water partition coefficient (Wildman–Crippen LogP) is 1.75. The van der Waals surface area contributed by atoms with E-state index >= 15 is 0 Å². The Morgan fingerprint density at radius 3 is 2.62 bits per heavy atom. The van der Waals surface area contributed by atoms with Crippen LogP contribution in [-0.2, 0) is 4.79 Å². The molecule has 2 aliphatic rings. The van der Waals surface area contributed by atoms with Crippen LogP contribution in [0.25, 0.3) is 5.70 Å². The molecule has 3 heteroatoms. The van der Waals surface area contributed by atoms with Crippen molar-refractivity contribution in [1.29, 1.82) is 0 Å². The van der Waals surface area contributed by atoms with Crippen LogP contribution in [0.4, 0.5) is 0 Å². The molecule has 0 aromatic heterocycles. The summed E-state index contributed by atoms with van der Waals surface area (Å²) < 4.78 is 0. The van der Waals surface area contributed by atoms with E-state index in [2.05, 4.69) is 5.32 Å². The summed E-state index contributed by atoms with van der Waals surface area (Å²) in [6.07, 6.45) is 3.54. The Hall–Kier alpha value is -1.90. The number of carbonyl (C=O) groups is 2. The van der Waals surface area contributed by atoms with E-state index in [0.717, 1.165) is 18.4 Å². The number of nitrogens with one attached hydrogen (secondary N) is 1. The third kappa shape index (κ3) is 1.45. The fourth-order valence-electron chi connectivity index (χ4n) is 1.91. The quantitative estimate of drug-likeness (QED) is 0.761. The van der Waals surface area contributed by atoms with Crippen molar-refractivity contribution in [2.75, 3.05) is 0 Å². The van der Waals surface area contributed by atoms with Crippen molar-refractivity contribution in [2.24, 2.45) is 5.92 Å². The Kier molecular flexibility index (Phi) is 1.93. The summed E-state index contributed by atoms with van der Waals surface area (Å²) in [7, 11) is 0. The molecule has 1 aliphatic carbocycles. The van der Waals surface area contributed by atoms with E-state index in [1.807, 2.05) is 18.2 Å². The van der Waals surface area contributed by atoms with Crippen LogP contribution in [0, 0.1) is 5.92 Å². The molecular weight excluding hydrogens is 202 g/mol. The van der Waals surface area contributed by atoms with E-state index in [1.165, 1.54) is 0 Å². The van der Waals surface area contributed by atoms with Crippen LogP contribution in [0.3, 0.4) is 0 Å². The first-order chi connectivity index (χ1) is 7.75. The molecule has 1 aromatic carbocycles. The van der Waals surface area contributed by atoms with Gasteiger partial charge in [-0.05, 0) is 18.9 Å². The first kappa shape index (κ1) is 9.33. The first-order valence-corrected chi connectivity index (χ1v) is 5.42. The number of ketones is 1. The SMILES string of the molecule is O=C1N/C(=C\C(=O)C2CC2)c2ccccc21. The smallest absolute Gasteiger partial charge is 0.256 e. The lowest BCUT2D eigenvalue weighted by Crippen LogP contribution is -2.13. The number of amides is 1. The van der Waals surface area contributed by atoms with Crippen molar-refractivity contribution in [2.45, 2.75) is 12.8 Å². The molecule has 0 bridgehead atoms. The Balaban J connectivity index is 1.99. The molecule has 1 N–H and O–H groups in total. The highest BCUT2D eigenvalue weighted by Crippen LogP contribution is 2.32. The molecule has 0 saturated heterocycles. The minimum atomic E-state index is -0.120. The van der Waals surface area contributed by atoms with E-state index < -0.39 is 0 Å². The van der Waals surface area contributed by atoms with Gasteiger partial charge in [0.15, 0.2) is 5.78 Å². The van der Waals surface area contributed by atoms with Gasteiger partial charge in [-0.25, -0.2) is 0 Å². The first-order valence-electron chi connectivity index (χ1n) is 5.42. The lowest BCUT2D eigenvalue weighted by molar-refractivity contribution is -0.115. The van der Waals surface area contributed by atoms with E-state index in [-0.39, 0.29) is 17.6 Å². The molecule has 0 atom stereocenters. The molecule has 1 aliphatic heterocycles. The predicted molar refractivity (Wildman–Crippen MR) is 59.6 cm³/mol. The second kappa shape index (κ2) is 3.30. The highest BCUT2D eigenvalue weighted by molar-refractivity contribution is 6.12. The summed E-state index contributed by atoms with van der Waals surface area (Å²) >= 11 is 0. The monoisotopic (exact) mass is 213 g/mol. The van der Waals surface area contributed by atoms with E-state index in [9.17, 15) is 9.59 Å². The Morgan fingerprint density at radius 1 is 1.25 bits per heavy atom. The number of allylic oxidation sites excluding steroid dienone is 1. The Morgan fingerprint density at radius 2 is 1.94 bits per heavy atom. The van der Waals surface area contributed by atoms with Gasteiger partial charge in [-0.3, -0.25) is 9.59 Å². The fourth-order valence-corrected chi connectivity index (χ4v) is 1.91. The van der Waals surface area contributed by atoms with Gasteiger partial charge in [0.25, 0.3) is 5.91 Å². The Bertz CT molecular complexity index is 512. The second-order valence-electron chi connectivity index (χ2n) is 4.23. The van der Waals surface area contributed by atoms with Crippen molar-refractivity contribution in [3.63, 3.8) is 0 Å². The van der Waals surface area contributed by atoms with Gasteiger partial charge >= 0.3 is 0 Å². The summed E-state index contributed by atoms with van der Waals surface area (Å²) in [4.78, 5) is 23.2. The number of rotatable bonds is 2.